The fourth-order valence-electron chi connectivity index (χ4n) is 2.86. The van der Waals surface area contributed by atoms with E-state index in [9.17, 15) is 19.2 Å². The highest BCUT2D eigenvalue weighted by atomic mass is 16.6. The lowest BCUT2D eigenvalue weighted by Crippen LogP contribution is -2.40. The molecule has 0 saturated heterocycles. The van der Waals surface area contributed by atoms with Crippen molar-refractivity contribution in [2.24, 2.45) is 23.5 Å². The number of nitrogens with two attached hydrogens (primary N) is 1. The molecule has 0 aliphatic rings. The molecular weight excluding hydrogens is 478 g/mol. The van der Waals surface area contributed by atoms with Gasteiger partial charge in [0.1, 0.15) is 18.2 Å². The minimum atomic E-state index is -1.02. The third-order valence-electron chi connectivity index (χ3n) is 6.50. The zero-order chi connectivity index (χ0) is 28.3. The van der Waals surface area contributed by atoms with E-state index in [1.165, 1.54) is 12.1 Å². The van der Waals surface area contributed by atoms with E-state index >= 15 is 0 Å². The number of hydrogen-bond donors (Lipinski definition) is 1. The number of carbonyl (C=O) groups excluding carboxylic acids is 4. The van der Waals surface area contributed by atoms with Gasteiger partial charge in [0.2, 0.25) is 0 Å². The molecule has 2 N–H and O–H groups in total. The lowest BCUT2D eigenvalue weighted by molar-refractivity contribution is -0.168. The van der Waals surface area contributed by atoms with Crippen LogP contribution in [0.1, 0.15) is 80.2 Å². The van der Waals surface area contributed by atoms with Gasteiger partial charge in [-0.15, -0.1) is 0 Å². The van der Waals surface area contributed by atoms with Crippen LogP contribution in [0.15, 0.2) is 18.2 Å². The normalized spacial score (nSPS) is 15.9. The summed E-state index contributed by atoms with van der Waals surface area (Å²) in [6, 6.07) is 3.68. The molecule has 0 amide bonds. The minimum absolute atomic E-state index is 0.0824. The first-order valence-corrected chi connectivity index (χ1v) is 13.1. The highest BCUT2D eigenvalue weighted by Crippen LogP contribution is 2.31. The van der Waals surface area contributed by atoms with Gasteiger partial charge in [-0.3, -0.25) is 19.2 Å². The summed E-state index contributed by atoms with van der Waals surface area (Å²) < 4.78 is 21.8. The monoisotopic (exact) mass is 521 g/mol. The second-order valence-electron chi connectivity index (χ2n) is 9.65. The van der Waals surface area contributed by atoms with E-state index in [4.69, 9.17) is 24.7 Å². The Morgan fingerprint density at radius 1 is 0.676 bits per heavy atom. The predicted molar refractivity (Wildman–Crippen MR) is 139 cm³/mol. The van der Waals surface area contributed by atoms with Gasteiger partial charge in [0.25, 0.3) is 0 Å². The standard InChI is InChI=1S/C28H43NO8/c1-9-16(4)25(30)34-19(7)20(8)35-28(33)22(29)14-21-12-13-23(36-26(31)17(5)10-2)24(15-21)37-27(32)18(6)11-3/h12-13,15-20,22H,9-11,14,29H2,1-8H3/t16?,17?,18?,19?,20-,22-/m0/s1. The smallest absolute Gasteiger partial charge is 0.323 e. The summed E-state index contributed by atoms with van der Waals surface area (Å²) in [6.07, 6.45) is 0.587. The summed E-state index contributed by atoms with van der Waals surface area (Å²) in [6.45, 7) is 14.2. The Labute approximate surface area is 220 Å². The molecule has 0 aliphatic heterocycles. The maximum absolute atomic E-state index is 12.6. The maximum atomic E-state index is 12.6. The van der Waals surface area contributed by atoms with Crippen LogP contribution < -0.4 is 15.2 Å². The molecule has 0 bridgehead atoms. The van der Waals surface area contributed by atoms with Crippen LogP contribution in [0.5, 0.6) is 11.5 Å². The molecule has 9 heteroatoms. The fourth-order valence-corrected chi connectivity index (χ4v) is 2.86. The summed E-state index contributed by atoms with van der Waals surface area (Å²) in [5.41, 5.74) is 6.68. The Kier molecular flexibility index (Phi) is 13.3. The van der Waals surface area contributed by atoms with Crippen molar-refractivity contribution in [3.63, 3.8) is 0 Å². The molecule has 0 aliphatic carbocycles. The Bertz CT molecular complexity index is 931. The third-order valence-corrected chi connectivity index (χ3v) is 6.50. The van der Waals surface area contributed by atoms with Crippen LogP contribution in [0.4, 0.5) is 0 Å². The van der Waals surface area contributed by atoms with Crippen molar-refractivity contribution in [1.82, 2.24) is 0 Å². The number of hydrogen-bond acceptors (Lipinski definition) is 9. The van der Waals surface area contributed by atoms with Gasteiger partial charge in [-0.2, -0.15) is 0 Å². The molecule has 0 aromatic heterocycles. The van der Waals surface area contributed by atoms with Gasteiger partial charge in [-0.05, 0) is 57.2 Å². The molecule has 37 heavy (non-hydrogen) atoms. The molecule has 208 valence electrons. The number of carbonyl (C=O) groups is 4. The highest BCUT2D eigenvalue weighted by molar-refractivity contribution is 5.79. The van der Waals surface area contributed by atoms with E-state index in [0.717, 1.165) is 0 Å². The van der Waals surface area contributed by atoms with E-state index in [1.807, 2.05) is 20.8 Å². The van der Waals surface area contributed by atoms with E-state index < -0.39 is 36.2 Å². The van der Waals surface area contributed by atoms with Gasteiger partial charge in [-0.1, -0.05) is 47.6 Å². The van der Waals surface area contributed by atoms with Crippen LogP contribution in [0.25, 0.3) is 0 Å². The van der Waals surface area contributed by atoms with Gasteiger partial charge in [0.15, 0.2) is 11.5 Å². The van der Waals surface area contributed by atoms with Crippen LogP contribution in [0.2, 0.25) is 0 Å². The lowest BCUT2D eigenvalue weighted by Gasteiger charge is -2.23. The number of ether oxygens (including phenoxy) is 4. The summed E-state index contributed by atoms with van der Waals surface area (Å²) in [7, 11) is 0. The van der Waals surface area contributed by atoms with Crippen molar-refractivity contribution in [3.05, 3.63) is 23.8 Å². The average molecular weight is 522 g/mol. The summed E-state index contributed by atoms with van der Waals surface area (Å²) >= 11 is 0. The first kappa shape index (κ1) is 32.1. The largest absolute Gasteiger partial charge is 0.459 e. The molecular formula is C28H43NO8. The molecule has 4 unspecified atom stereocenters. The predicted octanol–water partition coefficient (Wildman–Crippen LogP) is 4.37. The average Bonchev–Trinajstić information content (AvgIpc) is 2.87. The number of esters is 4. The van der Waals surface area contributed by atoms with Crippen molar-refractivity contribution < 1.29 is 38.1 Å². The molecule has 0 spiro atoms. The van der Waals surface area contributed by atoms with Crippen molar-refractivity contribution >= 4 is 23.9 Å². The van der Waals surface area contributed by atoms with Gasteiger partial charge in [0.05, 0.1) is 17.8 Å². The lowest BCUT2D eigenvalue weighted by atomic mass is 10.1. The van der Waals surface area contributed by atoms with Crippen LogP contribution in [-0.4, -0.2) is 42.1 Å². The van der Waals surface area contributed by atoms with E-state index in [2.05, 4.69) is 0 Å². The molecule has 0 heterocycles. The topological polar surface area (TPSA) is 131 Å². The first-order valence-electron chi connectivity index (χ1n) is 13.1. The Morgan fingerprint density at radius 3 is 1.59 bits per heavy atom. The molecule has 6 atom stereocenters. The summed E-state index contributed by atoms with van der Waals surface area (Å²) in [5.74, 6) is -2.63. The molecule has 1 aromatic carbocycles. The zero-order valence-corrected chi connectivity index (χ0v) is 23.4. The molecule has 0 fully saturated rings. The zero-order valence-electron chi connectivity index (χ0n) is 23.4. The van der Waals surface area contributed by atoms with Gasteiger partial charge >= 0.3 is 23.9 Å². The maximum Gasteiger partial charge on any atom is 0.323 e. The van der Waals surface area contributed by atoms with Gasteiger partial charge in [-0.25, -0.2) is 0 Å². The molecule has 9 nitrogen and oxygen atoms in total. The minimum Gasteiger partial charge on any atom is -0.459 e. The van der Waals surface area contributed by atoms with Crippen molar-refractivity contribution in [3.8, 4) is 11.5 Å². The van der Waals surface area contributed by atoms with Crippen LogP contribution >= 0.6 is 0 Å². The highest BCUT2D eigenvalue weighted by Gasteiger charge is 2.26. The van der Waals surface area contributed by atoms with Crippen molar-refractivity contribution in [2.75, 3.05) is 0 Å². The molecule has 1 aromatic rings. The Morgan fingerprint density at radius 2 is 1.11 bits per heavy atom. The van der Waals surface area contributed by atoms with Crippen LogP contribution in [0.3, 0.4) is 0 Å². The van der Waals surface area contributed by atoms with Gasteiger partial charge in [0, 0.05) is 0 Å². The number of rotatable bonds is 14. The third kappa shape index (κ3) is 10.1. The molecule has 1 rings (SSSR count). The van der Waals surface area contributed by atoms with E-state index in [0.29, 0.717) is 24.8 Å². The second kappa shape index (κ2) is 15.3. The van der Waals surface area contributed by atoms with Crippen LogP contribution in [-0.2, 0) is 35.1 Å². The summed E-state index contributed by atoms with van der Waals surface area (Å²) in [5, 5.41) is 0. The Balaban J connectivity index is 2.97. The quantitative estimate of drug-likeness (QED) is 0.280. The SMILES string of the molecule is CCC(C)C(=O)Oc1ccc(C[C@H](N)C(=O)O[C@@H](C)C(C)OC(=O)C(C)CC)cc1OC(=O)C(C)CC. The Hall–Kier alpha value is -2.94. The van der Waals surface area contributed by atoms with Crippen LogP contribution in [0, 0.1) is 17.8 Å². The molecule has 0 saturated carbocycles. The van der Waals surface area contributed by atoms with E-state index in [-0.39, 0.29) is 41.6 Å². The first-order chi connectivity index (χ1) is 17.3. The van der Waals surface area contributed by atoms with Crippen molar-refractivity contribution in [1.29, 1.82) is 0 Å². The van der Waals surface area contributed by atoms with E-state index in [1.54, 1.807) is 40.7 Å². The fraction of sp³-hybridized carbons (Fsp3) is 0.643. The summed E-state index contributed by atoms with van der Waals surface area (Å²) in [4.78, 5) is 49.4. The second-order valence-corrected chi connectivity index (χ2v) is 9.65. The number of benzene rings is 1. The van der Waals surface area contributed by atoms with Gasteiger partial charge < -0.3 is 24.7 Å². The molecule has 0 radical (unpaired) electrons. The van der Waals surface area contributed by atoms with Crippen molar-refractivity contribution in [2.45, 2.75) is 99.3 Å².